The van der Waals surface area contributed by atoms with E-state index in [0.29, 0.717) is 12.5 Å². The van der Waals surface area contributed by atoms with Crippen LogP contribution in [-0.4, -0.2) is 24.8 Å². The maximum atomic E-state index is 9.23. The van der Waals surface area contributed by atoms with Gasteiger partial charge in [-0.05, 0) is 55.5 Å². The predicted molar refractivity (Wildman–Crippen MR) is 98.1 cm³/mol. The molecule has 1 aliphatic heterocycles. The highest BCUT2D eigenvalue weighted by Gasteiger charge is 2.18. The van der Waals surface area contributed by atoms with E-state index in [1.54, 1.807) is 0 Å². The first-order valence-electron chi connectivity index (χ1n) is 8.45. The Kier molecular flexibility index (Phi) is 5.70. The zero-order valence-corrected chi connectivity index (χ0v) is 14.6. The van der Waals surface area contributed by atoms with Crippen molar-refractivity contribution in [3.8, 4) is 0 Å². The van der Waals surface area contributed by atoms with E-state index in [9.17, 15) is 5.11 Å². The molecule has 23 heavy (non-hydrogen) atoms. The first-order valence-corrected chi connectivity index (χ1v) is 9.27. The number of aliphatic hydroxyl groups excluding tert-OH is 1. The van der Waals surface area contributed by atoms with E-state index < -0.39 is 0 Å². The predicted octanol–water partition coefficient (Wildman–Crippen LogP) is 3.56. The zero-order valence-electron chi connectivity index (χ0n) is 13.8. The summed E-state index contributed by atoms with van der Waals surface area (Å²) in [7, 11) is 0. The quantitative estimate of drug-likeness (QED) is 0.850. The Bertz CT molecular complexity index is 600. The number of thiophene rings is 1. The Morgan fingerprint density at radius 3 is 2.43 bits per heavy atom. The average molecular weight is 330 g/mol. The maximum Gasteiger partial charge on any atom is 0.0460 e. The highest BCUT2D eigenvalue weighted by Crippen LogP contribution is 2.23. The number of aryl methyl sites for hydroxylation is 1. The summed E-state index contributed by atoms with van der Waals surface area (Å²) in [6.07, 6.45) is 2.19. The highest BCUT2D eigenvalue weighted by molar-refractivity contribution is 7.11. The van der Waals surface area contributed by atoms with Crippen LogP contribution < -0.4 is 10.2 Å². The van der Waals surface area contributed by atoms with E-state index in [0.717, 1.165) is 39.0 Å². The fraction of sp³-hybridized carbons (Fsp3) is 0.474. The first-order chi connectivity index (χ1) is 11.2. The molecule has 2 heterocycles. The normalized spacial score (nSPS) is 16.0. The molecule has 2 N–H and O–H groups in total. The highest BCUT2D eigenvalue weighted by atomic mass is 32.1. The summed E-state index contributed by atoms with van der Waals surface area (Å²) in [5.74, 6) is 0.496. The van der Waals surface area contributed by atoms with Gasteiger partial charge in [-0.25, -0.2) is 0 Å². The number of piperidine rings is 1. The minimum absolute atomic E-state index is 0.336. The molecule has 3 rings (SSSR count). The Labute approximate surface area is 143 Å². The van der Waals surface area contributed by atoms with Gasteiger partial charge in [0.2, 0.25) is 0 Å². The van der Waals surface area contributed by atoms with Crippen molar-refractivity contribution in [3.63, 3.8) is 0 Å². The lowest BCUT2D eigenvalue weighted by molar-refractivity contribution is 0.203. The summed E-state index contributed by atoms with van der Waals surface area (Å²) in [4.78, 5) is 5.19. The number of nitrogens with zero attached hydrogens (tertiary/aromatic N) is 1. The van der Waals surface area contributed by atoms with Crippen molar-refractivity contribution in [2.75, 3.05) is 24.6 Å². The minimum atomic E-state index is 0.336. The summed E-state index contributed by atoms with van der Waals surface area (Å²) >= 11 is 1.86. The standard InChI is InChI=1S/C19H26N2OS/c1-15-2-7-19(23-15)13-20-12-16-3-5-18(6-4-16)21-10-8-17(14-22)9-11-21/h2-7,17,20,22H,8-14H2,1H3. The summed E-state index contributed by atoms with van der Waals surface area (Å²) in [6, 6.07) is 13.3. The molecular weight excluding hydrogens is 304 g/mol. The van der Waals surface area contributed by atoms with Crippen molar-refractivity contribution in [1.82, 2.24) is 5.32 Å². The molecule has 0 radical (unpaired) electrons. The zero-order chi connectivity index (χ0) is 16.1. The number of benzene rings is 1. The van der Waals surface area contributed by atoms with Gasteiger partial charge in [-0.3, -0.25) is 0 Å². The topological polar surface area (TPSA) is 35.5 Å². The molecule has 0 bridgehead atoms. The molecule has 0 amide bonds. The van der Waals surface area contributed by atoms with E-state index in [2.05, 4.69) is 53.5 Å². The molecule has 1 aromatic heterocycles. The first kappa shape index (κ1) is 16.5. The minimum Gasteiger partial charge on any atom is -0.396 e. The third kappa shape index (κ3) is 4.56. The molecule has 2 aromatic rings. The molecule has 4 heteroatoms. The summed E-state index contributed by atoms with van der Waals surface area (Å²) in [6.45, 7) is 6.44. The number of hydrogen-bond donors (Lipinski definition) is 2. The van der Waals surface area contributed by atoms with Gasteiger partial charge in [0.1, 0.15) is 0 Å². The van der Waals surface area contributed by atoms with Crippen molar-refractivity contribution >= 4 is 17.0 Å². The van der Waals surface area contributed by atoms with Crippen molar-refractivity contribution in [3.05, 3.63) is 51.7 Å². The van der Waals surface area contributed by atoms with Crippen LogP contribution in [0.5, 0.6) is 0 Å². The van der Waals surface area contributed by atoms with Crippen LogP contribution in [0, 0.1) is 12.8 Å². The molecule has 0 saturated carbocycles. The molecule has 1 aromatic carbocycles. The summed E-state index contributed by atoms with van der Waals surface area (Å²) in [5.41, 5.74) is 2.63. The van der Waals surface area contributed by atoms with E-state index >= 15 is 0 Å². The number of nitrogens with one attached hydrogen (secondary N) is 1. The van der Waals surface area contributed by atoms with Gasteiger partial charge in [-0.2, -0.15) is 0 Å². The van der Waals surface area contributed by atoms with E-state index in [1.807, 2.05) is 11.3 Å². The van der Waals surface area contributed by atoms with Crippen molar-refractivity contribution in [2.24, 2.45) is 5.92 Å². The average Bonchev–Trinajstić information content (AvgIpc) is 3.01. The second-order valence-electron chi connectivity index (χ2n) is 6.40. The molecule has 3 nitrogen and oxygen atoms in total. The maximum absolute atomic E-state index is 9.23. The lowest BCUT2D eigenvalue weighted by Gasteiger charge is -2.33. The largest absolute Gasteiger partial charge is 0.396 e. The van der Waals surface area contributed by atoms with Gasteiger partial charge < -0.3 is 15.3 Å². The van der Waals surface area contributed by atoms with E-state index in [4.69, 9.17) is 0 Å². The second kappa shape index (κ2) is 7.95. The van der Waals surface area contributed by atoms with Crippen LogP contribution in [0.1, 0.15) is 28.2 Å². The van der Waals surface area contributed by atoms with Crippen LogP contribution in [0.4, 0.5) is 5.69 Å². The van der Waals surface area contributed by atoms with Gasteiger partial charge in [0.05, 0.1) is 0 Å². The van der Waals surface area contributed by atoms with Gasteiger partial charge in [-0.1, -0.05) is 12.1 Å². The smallest absolute Gasteiger partial charge is 0.0460 e. The van der Waals surface area contributed by atoms with Crippen molar-refractivity contribution in [1.29, 1.82) is 0 Å². The molecule has 0 aliphatic carbocycles. The van der Waals surface area contributed by atoms with Crippen LogP contribution in [0.25, 0.3) is 0 Å². The summed E-state index contributed by atoms with van der Waals surface area (Å²) in [5, 5.41) is 12.7. The van der Waals surface area contributed by atoms with Crippen LogP contribution in [0.2, 0.25) is 0 Å². The van der Waals surface area contributed by atoms with Gasteiger partial charge >= 0.3 is 0 Å². The van der Waals surface area contributed by atoms with Crippen molar-refractivity contribution in [2.45, 2.75) is 32.9 Å². The fourth-order valence-corrected chi connectivity index (χ4v) is 3.97. The van der Waals surface area contributed by atoms with Gasteiger partial charge in [0.15, 0.2) is 0 Å². The fourth-order valence-electron chi connectivity index (χ4n) is 3.11. The number of rotatable bonds is 6. The molecule has 1 aliphatic rings. The van der Waals surface area contributed by atoms with Crippen LogP contribution in [0.15, 0.2) is 36.4 Å². The summed E-state index contributed by atoms with van der Waals surface area (Å²) < 4.78 is 0. The number of hydrogen-bond acceptors (Lipinski definition) is 4. The van der Waals surface area contributed by atoms with Gasteiger partial charge in [0.25, 0.3) is 0 Å². The van der Waals surface area contributed by atoms with Gasteiger partial charge in [-0.15, -0.1) is 11.3 Å². The van der Waals surface area contributed by atoms with E-state index in [-0.39, 0.29) is 0 Å². The Balaban J connectivity index is 1.47. The molecule has 0 spiro atoms. The van der Waals surface area contributed by atoms with Crippen molar-refractivity contribution < 1.29 is 5.11 Å². The Morgan fingerprint density at radius 2 is 1.83 bits per heavy atom. The second-order valence-corrected chi connectivity index (χ2v) is 7.77. The molecule has 1 fully saturated rings. The number of anilines is 1. The molecule has 0 atom stereocenters. The van der Waals surface area contributed by atoms with E-state index in [1.165, 1.54) is 21.0 Å². The van der Waals surface area contributed by atoms with Crippen LogP contribution in [0.3, 0.4) is 0 Å². The lowest BCUT2D eigenvalue weighted by Crippen LogP contribution is -2.34. The Morgan fingerprint density at radius 1 is 1.09 bits per heavy atom. The lowest BCUT2D eigenvalue weighted by atomic mass is 9.97. The number of aliphatic hydroxyl groups is 1. The molecule has 124 valence electrons. The monoisotopic (exact) mass is 330 g/mol. The van der Waals surface area contributed by atoms with Crippen LogP contribution in [-0.2, 0) is 13.1 Å². The van der Waals surface area contributed by atoms with Gasteiger partial charge in [0, 0.05) is 48.2 Å². The third-order valence-corrected chi connectivity index (χ3v) is 5.60. The molecule has 0 unspecified atom stereocenters. The Hall–Kier alpha value is -1.36. The third-order valence-electron chi connectivity index (χ3n) is 4.60. The molecule has 1 saturated heterocycles. The molecular formula is C19H26N2OS. The van der Waals surface area contributed by atoms with Crippen LogP contribution >= 0.6 is 11.3 Å². The SMILES string of the molecule is Cc1ccc(CNCc2ccc(N3CCC(CO)CC3)cc2)s1.